The number of aromatic nitrogens is 1. The first kappa shape index (κ1) is 19.9. The number of amides is 4. The number of hydrogen-bond acceptors (Lipinski definition) is 8. The third kappa shape index (κ3) is 4.19. The number of carbonyl (C=O) groups excluding carboxylic acids is 3. The maximum atomic E-state index is 12.4. The molecule has 0 aromatic carbocycles. The molecule has 3 atom stereocenters. The summed E-state index contributed by atoms with van der Waals surface area (Å²) in [5.41, 5.74) is 10.5. The fourth-order valence-electron chi connectivity index (χ4n) is 3.08. The number of fused-ring (bicyclic) bond motifs is 2. The summed E-state index contributed by atoms with van der Waals surface area (Å²) >= 11 is 0. The Morgan fingerprint density at radius 1 is 1.32 bits per heavy atom. The van der Waals surface area contributed by atoms with Gasteiger partial charge >= 0.3 is 16.4 Å². The molecule has 2 fully saturated rings. The number of hydrogen-bond donors (Lipinski definition) is 4. The van der Waals surface area contributed by atoms with Gasteiger partial charge in [0.05, 0.1) is 11.7 Å². The third-order valence-electron chi connectivity index (χ3n) is 4.40. The van der Waals surface area contributed by atoms with Gasteiger partial charge in [0.2, 0.25) is 0 Å². The Bertz CT molecular complexity index is 879. The van der Waals surface area contributed by atoms with Crippen molar-refractivity contribution in [2.75, 3.05) is 6.54 Å². The lowest BCUT2D eigenvalue weighted by molar-refractivity contribution is -0.132. The van der Waals surface area contributed by atoms with E-state index in [0.717, 1.165) is 4.90 Å². The highest BCUT2D eigenvalue weighted by Crippen LogP contribution is 2.30. The molecule has 0 aliphatic carbocycles. The van der Waals surface area contributed by atoms with E-state index in [-0.39, 0.29) is 19.4 Å². The van der Waals surface area contributed by atoms with Crippen molar-refractivity contribution in [3.8, 4) is 0 Å². The van der Waals surface area contributed by atoms with E-state index in [1.807, 2.05) is 0 Å². The Hall–Kier alpha value is -2.81. The molecule has 3 rings (SSSR count). The second-order valence-electron chi connectivity index (χ2n) is 6.22. The van der Waals surface area contributed by atoms with E-state index in [4.69, 9.17) is 10.3 Å². The van der Waals surface area contributed by atoms with Gasteiger partial charge in [-0.1, -0.05) is 6.07 Å². The van der Waals surface area contributed by atoms with Gasteiger partial charge in [-0.2, -0.15) is 13.5 Å². The standard InChI is InChI=1S/C14H18N6O7S/c15-11(9-3-1-2-6-16-9)13(22)18-17-12(21)10-5-4-8-7-19(10)14(23)20(8)27-28(24,25)26/h1-3,6,8,10-11H,4-5,7,15H2,(H,17,21)(H,18,22)(H,24,25,26)/t8-,10?,11?/m1/s1. The van der Waals surface area contributed by atoms with Crippen LogP contribution in [-0.2, 0) is 24.3 Å². The number of hydrazine groups is 1. The van der Waals surface area contributed by atoms with Crippen molar-refractivity contribution in [3.05, 3.63) is 30.1 Å². The number of rotatable bonds is 5. The van der Waals surface area contributed by atoms with Gasteiger partial charge < -0.3 is 10.6 Å². The second-order valence-corrected chi connectivity index (χ2v) is 7.23. The molecule has 1 aromatic rings. The topological polar surface area (TPSA) is 184 Å². The highest BCUT2D eigenvalue weighted by Gasteiger charge is 2.49. The van der Waals surface area contributed by atoms with Crippen LogP contribution in [0.4, 0.5) is 4.79 Å². The zero-order valence-corrected chi connectivity index (χ0v) is 15.2. The largest absolute Gasteiger partial charge is 0.418 e. The molecule has 13 nitrogen and oxygen atoms in total. The van der Waals surface area contributed by atoms with Crippen LogP contribution in [0.2, 0.25) is 0 Å². The van der Waals surface area contributed by atoms with Crippen molar-refractivity contribution in [1.29, 1.82) is 0 Å². The average molecular weight is 414 g/mol. The van der Waals surface area contributed by atoms with Crippen LogP contribution in [0.3, 0.4) is 0 Å². The van der Waals surface area contributed by atoms with E-state index in [9.17, 15) is 22.8 Å². The van der Waals surface area contributed by atoms with Crippen molar-refractivity contribution in [2.45, 2.75) is 31.0 Å². The highest BCUT2D eigenvalue weighted by atomic mass is 32.3. The summed E-state index contributed by atoms with van der Waals surface area (Å²) in [5.74, 6) is -1.38. The number of urea groups is 1. The van der Waals surface area contributed by atoms with E-state index in [2.05, 4.69) is 20.1 Å². The SMILES string of the molecule is NC(C(=O)NNC(=O)C1CC[C@@H]2CN1C(=O)N2OS(=O)(=O)O)c1ccccn1. The first-order chi connectivity index (χ1) is 13.2. The van der Waals surface area contributed by atoms with Crippen LogP contribution in [0.25, 0.3) is 0 Å². The number of carbonyl (C=O) groups is 3. The highest BCUT2D eigenvalue weighted by molar-refractivity contribution is 7.80. The van der Waals surface area contributed by atoms with E-state index in [1.165, 1.54) is 6.20 Å². The zero-order valence-electron chi connectivity index (χ0n) is 14.4. The summed E-state index contributed by atoms with van der Waals surface area (Å²) in [7, 11) is -4.87. The minimum atomic E-state index is -4.87. The van der Waals surface area contributed by atoms with Crippen molar-refractivity contribution >= 4 is 28.2 Å². The first-order valence-corrected chi connectivity index (χ1v) is 9.57. The number of nitrogens with two attached hydrogens (primary N) is 1. The van der Waals surface area contributed by atoms with Gasteiger partial charge in [-0.3, -0.25) is 30.0 Å². The molecule has 1 aromatic heterocycles. The Kier molecular flexibility index (Phi) is 5.46. The molecule has 2 aliphatic rings. The molecule has 2 aliphatic heterocycles. The maximum Gasteiger partial charge on any atom is 0.418 e. The van der Waals surface area contributed by atoms with Crippen LogP contribution in [0.1, 0.15) is 24.6 Å². The Balaban J connectivity index is 1.58. The molecule has 2 saturated heterocycles. The summed E-state index contributed by atoms with van der Waals surface area (Å²) in [4.78, 5) is 41.8. The van der Waals surface area contributed by atoms with Crippen molar-refractivity contribution in [2.24, 2.45) is 5.73 Å². The Labute approximate surface area is 159 Å². The minimum absolute atomic E-state index is 0.0356. The van der Waals surface area contributed by atoms with Gasteiger partial charge in [0, 0.05) is 12.7 Å². The van der Waals surface area contributed by atoms with Crippen LogP contribution in [0.5, 0.6) is 0 Å². The lowest BCUT2D eigenvalue weighted by atomic mass is 10.0. The molecule has 0 saturated carbocycles. The van der Waals surface area contributed by atoms with Gasteiger partial charge in [-0.25, -0.2) is 4.79 Å². The van der Waals surface area contributed by atoms with Crippen molar-refractivity contribution < 1.29 is 31.6 Å². The Morgan fingerprint density at radius 3 is 2.71 bits per heavy atom. The zero-order chi connectivity index (χ0) is 20.5. The van der Waals surface area contributed by atoms with Crippen LogP contribution in [0, 0.1) is 0 Å². The number of pyridine rings is 1. The molecule has 0 radical (unpaired) electrons. The monoisotopic (exact) mass is 414 g/mol. The molecule has 28 heavy (non-hydrogen) atoms. The number of nitrogens with one attached hydrogen (secondary N) is 2. The van der Waals surface area contributed by atoms with E-state index in [1.54, 1.807) is 18.2 Å². The van der Waals surface area contributed by atoms with Gasteiger partial charge in [0.25, 0.3) is 11.8 Å². The van der Waals surface area contributed by atoms with E-state index < -0.39 is 46.4 Å². The van der Waals surface area contributed by atoms with Gasteiger partial charge in [0.15, 0.2) is 0 Å². The lowest BCUT2D eigenvalue weighted by Crippen LogP contribution is -2.55. The van der Waals surface area contributed by atoms with Crippen molar-refractivity contribution in [1.82, 2.24) is 25.8 Å². The lowest BCUT2D eigenvalue weighted by Gasteiger charge is -2.29. The summed E-state index contributed by atoms with van der Waals surface area (Å²) in [6, 6.07) is 1.32. The van der Waals surface area contributed by atoms with E-state index in [0.29, 0.717) is 10.8 Å². The first-order valence-electron chi connectivity index (χ1n) is 8.20. The molecule has 2 unspecified atom stereocenters. The summed E-state index contributed by atoms with van der Waals surface area (Å²) in [6.07, 6.45) is 1.94. The molecular weight excluding hydrogens is 396 g/mol. The molecule has 3 heterocycles. The predicted octanol–water partition coefficient (Wildman–Crippen LogP) is -1.77. The fraction of sp³-hybridized carbons (Fsp3) is 0.429. The quantitative estimate of drug-likeness (QED) is 0.320. The molecular formula is C14H18N6O7S. The second kappa shape index (κ2) is 7.67. The normalized spacial score (nSPS) is 22.7. The van der Waals surface area contributed by atoms with Gasteiger partial charge in [0.1, 0.15) is 12.1 Å². The molecule has 152 valence electrons. The summed E-state index contributed by atoms with van der Waals surface area (Å²) in [6.45, 7) is 0.0356. The molecule has 2 bridgehead atoms. The summed E-state index contributed by atoms with van der Waals surface area (Å²) in [5, 5.41) is 0.526. The van der Waals surface area contributed by atoms with Crippen molar-refractivity contribution in [3.63, 3.8) is 0 Å². The van der Waals surface area contributed by atoms with Gasteiger partial charge in [-0.05, 0) is 25.0 Å². The smallest absolute Gasteiger partial charge is 0.315 e. The van der Waals surface area contributed by atoms with Crippen LogP contribution >= 0.6 is 0 Å². The molecule has 0 spiro atoms. The Morgan fingerprint density at radius 2 is 2.07 bits per heavy atom. The molecule has 14 heteroatoms. The summed E-state index contributed by atoms with van der Waals surface area (Å²) < 4.78 is 34.8. The van der Waals surface area contributed by atoms with E-state index >= 15 is 0 Å². The number of piperidine rings is 1. The predicted molar refractivity (Wildman–Crippen MR) is 90.8 cm³/mol. The maximum absolute atomic E-state index is 12.4. The third-order valence-corrected chi connectivity index (χ3v) is 4.75. The number of hydroxylamine groups is 2. The van der Waals surface area contributed by atoms with Gasteiger partial charge in [-0.15, -0.1) is 4.28 Å². The van der Waals surface area contributed by atoms with Crippen LogP contribution in [0.15, 0.2) is 24.4 Å². The minimum Gasteiger partial charge on any atom is -0.315 e. The fourth-order valence-corrected chi connectivity index (χ4v) is 3.47. The number of nitrogens with zero attached hydrogens (tertiary/aromatic N) is 3. The van der Waals surface area contributed by atoms with Crippen LogP contribution in [-0.4, -0.2) is 64.4 Å². The molecule has 4 amide bonds. The average Bonchev–Trinajstić information content (AvgIpc) is 2.89. The van der Waals surface area contributed by atoms with Crippen LogP contribution < -0.4 is 16.6 Å². The molecule has 5 N–H and O–H groups in total.